The van der Waals surface area contributed by atoms with Gasteiger partial charge in [-0.25, -0.2) is 0 Å². The third-order valence-electron chi connectivity index (χ3n) is 3.12. The first-order valence-electron chi connectivity index (χ1n) is 6.20. The van der Waals surface area contributed by atoms with Gasteiger partial charge < -0.3 is 22.1 Å². The Bertz CT molecular complexity index is 470. The van der Waals surface area contributed by atoms with Crippen LogP contribution in [0, 0.1) is 0 Å². The molecule has 0 bridgehead atoms. The van der Waals surface area contributed by atoms with E-state index >= 15 is 0 Å². The van der Waals surface area contributed by atoms with Gasteiger partial charge in [0.1, 0.15) is 0 Å². The van der Waals surface area contributed by atoms with E-state index in [1.54, 1.807) is 0 Å². The van der Waals surface area contributed by atoms with Crippen LogP contribution in [0.15, 0.2) is 42.2 Å². The van der Waals surface area contributed by atoms with E-state index in [0.29, 0.717) is 11.4 Å². The van der Waals surface area contributed by atoms with E-state index in [9.17, 15) is 0 Å². The van der Waals surface area contributed by atoms with Crippen LogP contribution in [0.4, 0.5) is 5.69 Å². The molecule has 1 aromatic carbocycles. The molecule has 2 rings (SSSR count). The Morgan fingerprint density at radius 3 is 2.50 bits per heavy atom. The van der Waals surface area contributed by atoms with Crippen LogP contribution in [0.25, 0.3) is 5.70 Å². The maximum atomic E-state index is 6.00. The van der Waals surface area contributed by atoms with Crippen molar-refractivity contribution in [3.63, 3.8) is 0 Å². The van der Waals surface area contributed by atoms with Crippen molar-refractivity contribution < 1.29 is 0 Å². The molecule has 0 spiro atoms. The summed E-state index contributed by atoms with van der Waals surface area (Å²) in [6.45, 7) is 2.07. The quantitative estimate of drug-likeness (QED) is 0.555. The van der Waals surface area contributed by atoms with Crippen LogP contribution >= 0.6 is 0 Å². The van der Waals surface area contributed by atoms with Crippen LogP contribution in [0.1, 0.15) is 18.4 Å². The van der Waals surface area contributed by atoms with Gasteiger partial charge in [-0.15, -0.1) is 0 Å². The molecule has 6 N–H and O–H groups in total. The molecule has 4 nitrogen and oxygen atoms in total. The van der Waals surface area contributed by atoms with Crippen molar-refractivity contribution >= 4 is 11.4 Å². The van der Waals surface area contributed by atoms with Gasteiger partial charge in [-0.2, -0.15) is 0 Å². The number of benzene rings is 1. The zero-order valence-corrected chi connectivity index (χ0v) is 10.5. The van der Waals surface area contributed by atoms with Gasteiger partial charge in [-0.1, -0.05) is 12.1 Å². The molecular weight excluding hydrogens is 224 g/mol. The topological polar surface area (TPSA) is 81.3 Å². The summed E-state index contributed by atoms with van der Waals surface area (Å²) in [4.78, 5) is 2.17. The van der Waals surface area contributed by atoms with Crippen LogP contribution < -0.4 is 17.2 Å². The number of allylic oxidation sites excluding steroid dienone is 2. The second-order valence-electron chi connectivity index (χ2n) is 4.53. The lowest BCUT2D eigenvalue weighted by atomic mass is 10.1. The molecule has 0 amide bonds. The third-order valence-corrected chi connectivity index (χ3v) is 3.12. The molecule has 1 saturated heterocycles. The first-order chi connectivity index (χ1) is 8.66. The summed E-state index contributed by atoms with van der Waals surface area (Å²) >= 11 is 0. The van der Waals surface area contributed by atoms with Crippen LogP contribution in [-0.2, 0) is 0 Å². The third kappa shape index (κ3) is 2.97. The molecule has 0 aromatic heterocycles. The molecule has 1 aromatic rings. The van der Waals surface area contributed by atoms with E-state index in [4.69, 9.17) is 17.2 Å². The molecule has 0 aliphatic carbocycles. The fourth-order valence-corrected chi connectivity index (χ4v) is 2.07. The van der Waals surface area contributed by atoms with Gasteiger partial charge in [-0.05, 0) is 42.7 Å². The zero-order chi connectivity index (χ0) is 13.0. The molecule has 0 radical (unpaired) electrons. The number of hydrogen-bond acceptors (Lipinski definition) is 4. The monoisotopic (exact) mass is 244 g/mol. The van der Waals surface area contributed by atoms with E-state index in [1.807, 2.05) is 36.4 Å². The zero-order valence-electron chi connectivity index (χ0n) is 10.5. The highest BCUT2D eigenvalue weighted by Gasteiger charge is 2.11. The summed E-state index contributed by atoms with van der Waals surface area (Å²) in [5, 5.41) is 0. The Morgan fingerprint density at radius 1 is 1.11 bits per heavy atom. The molecule has 1 aliphatic heterocycles. The van der Waals surface area contributed by atoms with Gasteiger partial charge in [0.15, 0.2) is 0 Å². The Hall–Kier alpha value is -2.10. The van der Waals surface area contributed by atoms with Crippen molar-refractivity contribution in [3.05, 3.63) is 47.8 Å². The largest absolute Gasteiger partial charge is 0.399 e. The molecule has 96 valence electrons. The summed E-state index contributed by atoms with van der Waals surface area (Å²) in [5.74, 6) is 0.777. The Labute approximate surface area is 108 Å². The second kappa shape index (κ2) is 5.49. The molecule has 1 aliphatic rings. The highest BCUT2D eigenvalue weighted by atomic mass is 15.2. The van der Waals surface area contributed by atoms with E-state index in [0.717, 1.165) is 24.5 Å². The molecule has 1 fully saturated rings. The molecule has 0 atom stereocenters. The summed E-state index contributed by atoms with van der Waals surface area (Å²) in [7, 11) is 0. The van der Waals surface area contributed by atoms with Gasteiger partial charge in [-0.3, -0.25) is 0 Å². The first kappa shape index (κ1) is 12.4. The second-order valence-corrected chi connectivity index (χ2v) is 4.53. The van der Waals surface area contributed by atoms with Crippen molar-refractivity contribution in [2.75, 3.05) is 18.8 Å². The van der Waals surface area contributed by atoms with Crippen molar-refractivity contribution in [2.45, 2.75) is 12.8 Å². The lowest BCUT2D eigenvalue weighted by Crippen LogP contribution is -2.24. The number of nitrogen functional groups attached to an aromatic ring is 1. The number of likely N-dealkylation sites (tertiary alicyclic amines) is 1. The van der Waals surface area contributed by atoms with Gasteiger partial charge >= 0.3 is 0 Å². The average molecular weight is 244 g/mol. The van der Waals surface area contributed by atoms with Crippen molar-refractivity contribution in [1.29, 1.82) is 0 Å². The van der Waals surface area contributed by atoms with E-state index in [2.05, 4.69) is 4.90 Å². The minimum Gasteiger partial charge on any atom is -0.399 e. The lowest BCUT2D eigenvalue weighted by Gasteiger charge is -2.16. The smallest absolute Gasteiger partial charge is 0.0987 e. The van der Waals surface area contributed by atoms with Gasteiger partial charge in [0.05, 0.1) is 5.82 Å². The molecule has 18 heavy (non-hydrogen) atoms. The normalized spacial score (nSPS) is 17.2. The number of nitrogens with zero attached hydrogens (tertiary/aromatic N) is 1. The first-order valence-corrected chi connectivity index (χ1v) is 6.20. The lowest BCUT2D eigenvalue weighted by molar-refractivity contribution is 0.422. The highest BCUT2D eigenvalue weighted by Crippen LogP contribution is 2.14. The minimum absolute atomic E-state index is 0.671. The summed E-state index contributed by atoms with van der Waals surface area (Å²) in [6, 6.07) is 7.51. The van der Waals surface area contributed by atoms with Gasteiger partial charge in [0, 0.05) is 24.5 Å². The summed E-state index contributed by atoms with van der Waals surface area (Å²) in [6.07, 6.45) is 6.12. The highest BCUT2D eigenvalue weighted by molar-refractivity contribution is 5.66. The molecule has 4 heteroatoms. The van der Waals surface area contributed by atoms with Gasteiger partial charge in [0.2, 0.25) is 0 Å². The van der Waals surface area contributed by atoms with Crippen molar-refractivity contribution in [1.82, 2.24) is 4.90 Å². The van der Waals surface area contributed by atoms with E-state index in [-0.39, 0.29) is 0 Å². The molecular formula is C14H20N4. The van der Waals surface area contributed by atoms with Crippen molar-refractivity contribution in [3.8, 4) is 0 Å². The summed E-state index contributed by atoms with van der Waals surface area (Å²) in [5.41, 5.74) is 20.0. The van der Waals surface area contributed by atoms with Crippen LogP contribution in [0.3, 0.4) is 0 Å². The predicted octanol–water partition coefficient (Wildman–Crippen LogP) is 1.46. The van der Waals surface area contributed by atoms with E-state index < -0.39 is 0 Å². The Kier molecular flexibility index (Phi) is 3.77. The molecule has 1 heterocycles. The number of rotatable bonds is 3. The Balaban J connectivity index is 2.10. The number of hydrogen-bond donors (Lipinski definition) is 3. The van der Waals surface area contributed by atoms with Crippen LogP contribution in [-0.4, -0.2) is 18.0 Å². The molecule has 0 saturated carbocycles. The minimum atomic E-state index is 0.671. The fourth-order valence-electron chi connectivity index (χ4n) is 2.07. The standard InChI is InChI=1S/C14H20N4/c15-12-5-3-4-11(10-12)13(16)6-7-14(17)18-8-1-2-9-18/h3-7,10H,1-2,8-9,15-17H2/b13-6-,14-7+. The number of anilines is 1. The average Bonchev–Trinajstić information content (AvgIpc) is 2.89. The van der Waals surface area contributed by atoms with E-state index in [1.165, 1.54) is 12.8 Å². The predicted molar refractivity (Wildman–Crippen MR) is 76.1 cm³/mol. The molecule has 0 unspecified atom stereocenters. The van der Waals surface area contributed by atoms with Crippen molar-refractivity contribution in [2.24, 2.45) is 11.5 Å². The van der Waals surface area contributed by atoms with Crippen LogP contribution in [0.2, 0.25) is 0 Å². The fraction of sp³-hybridized carbons (Fsp3) is 0.286. The summed E-state index contributed by atoms with van der Waals surface area (Å²) < 4.78 is 0. The number of nitrogens with two attached hydrogens (primary N) is 3. The maximum absolute atomic E-state index is 6.00. The SMILES string of the molecule is N/C(=C\C=C(/N)N1CCCC1)c1cccc(N)c1. The van der Waals surface area contributed by atoms with Crippen LogP contribution in [0.5, 0.6) is 0 Å². The Morgan fingerprint density at radius 2 is 1.83 bits per heavy atom. The maximum Gasteiger partial charge on any atom is 0.0987 e. The van der Waals surface area contributed by atoms with Gasteiger partial charge in [0.25, 0.3) is 0 Å².